The third kappa shape index (κ3) is 8.35. The molecule has 0 spiro atoms. The summed E-state index contributed by atoms with van der Waals surface area (Å²) in [5, 5.41) is 14.9. The number of carboxylic acids is 1. The highest BCUT2D eigenvalue weighted by Gasteiger charge is 2.34. The molecular formula is C25H37N3O6. The van der Waals surface area contributed by atoms with Gasteiger partial charge in [-0.3, -0.25) is 9.59 Å². The lowest BCUT2D eigenvalue weighted by Crippen LogP contribution is -2.54. The first kappa shape index (κ1) is 27.1. The molecular weight excluding hydrogens is 438 g/mol. The van der Waals surface area contributed by atoms with Crippen molar-refractivity contribution in [3.63, 3.8) is 0 Å². The van der Waals surface area contributed by atoms with E-state index in [1.54, 1.807) is 25.7 Å². The van der Waals surface area contributed by atoms with Gasteiger partial charge in [-0.25, -0.2) is 9.59 Å². The SMILES string of the molecule is CC(C)[C@H](NC(=O)OC(C)(C)C)C(=O)N1CCC(C(=O)N[C@@H](Cc2ccccc2)C(=O)O)CC1. The van der Waals surface area contributed by atoms with E-state index in [0.29, 0.717) is 25.9 Å². The summed E-state index contributed by atoms with van der Waals surface area (Å²) in [6.07, 6.45) is 0.400. The Kier molecular flexibility index (Phi) is 9.46. The van der Waals surface area contributed by atoms with Gasteiger partial charge in [0.2, 0.25) is 11.8 Å². The molecule has 1 aliphatic heterocycles. The molecule has 1 aromatic rings. The van der Waals surface area contributed by atoms with Crippen LogP contribution in [0.3, 0.4) is 0 Å². The topological polar surface area (TPSA) is 125 Å². The second-order valence-electron chi connectivity index (χ2n) is 10.1. The second kappa shape index (κ2) is 11.9. The maximum atomic E-state index is 13.1. The lowest BCUT2D eigenvalue weighted by molar-refractivity contribution is -0.143. The quantitative estimate of drug-likeness (QED) is 0.531. The molecule has 3 N–H and O–H groups in total. The van der Waals surface area contributed by atoms with Crippen molar-refractivity contribution in [3.8, 4) is 0 Å². The number of nitrogens with one attached hydrogen (secondary N) is 2. The fourth-order valence-electron chi connectivity index (χ4n) is 3.85. The summed E-state index contributed by atoms with van der Waals surface area (Å²) < 4.78 is 5.28. The molecule has 0 aromatic heterocycles. The Balaban J connectivity index is 1.92. The average molecular weight is 476 g/mol. The van der Waals surface area contributed by atoms with Gasteiger partial charge < -0.3 is 25.4 Å². The number of rotatable bonds is 8. The molecule has 2 rings (SSSR count). The number of hydrogen-bond acceptors (Lipinski definition) is 5. The molecule has 1 saturated heterocycles. The van der Waals surface area contributed by atoms with Crippen molar-refractivity contribution in [1.29, 1.82) is 0 Å². The maximum absolute atomic E-state index is 13.1. The van der Waals surface area contributed by atoms with Gasteiger partial charge in [0.15, 0.2) is 0 Å². The van der Waals surface area contributed by atoms with Gasteiger partial charge in [-0.05, 0) is 45.1 Å². The van der Waals surface area contributed by atoms with Crippen molar-refractivity contribution in [2.45, 2.75) is 71.6 Å². The molecule has 34 heavy (non-hydrogen) atoms. The largest absolute Gasteiger partial charge is 0.480 e. The Labute approximate surface area is 201 Å². The van der Waals surface area contributed by atoms with E-state index in [-0.39, 0.29) is 30.1 Å². The number of carbonyl (C=O) groups is 4. The number of amides is 3. The van der Waals surface area contributed by atoms with E-state index < -0.39 is 29.7 Å². The van der Waals surface area contributed by atoms with Gasteiger partial charge in [-0.15, -0.1) is 0 Å². The minimum atomic E-state index is -1.09. The van der Waals surface area contributed by atoms with Gasteiger partial charge in [0.05, 0.1) is 0 Å². The summed E-state index contributed by atoms with van der Waals surface area (Å²) in [6.45, 7) is 9.66. The molecule has 1 aliphatic rings. The van der Waals surface area contributed by atoms with Crippen LogP contribution in [0.25, 0.3) is 0 Å². The summed E-state index contributed by atoms with van der Waals surface area (Å²) in [7, 11) is 0. The fourth-order valence-corrected chi connectivity index (χ4v) is 3.85. The molecule has 3 amide bonds. The van der Waals surface area contributed by atoms with Crippen LogP contribution >= 0.6 is 0 Å². The van der Waals surface area contributed by atoms with Crippen LogP contribution in [0.5, 0.6) is 0 Å². The van der Waals surface area contributed by atoms with Crippen molar-refractivity contribution in [2.24, 2.45) is 11.8 Å². The Morgan fingerprint density at radius 1 is 1.06 bits per heavy atom. The maximum Gasteiger partial charge on any atom is 0.408 e. The van der Waals surface area contributed by atoms with Gasteiger partial charge >= 0.3 is 12.1 Å². The van der Waals surface area contributed by atoms with Gasteiger partial charge in [0.25, 0.3) is 0 Å². The lowest BCUT2D eigenvalue weighted by atomic mass is 9.93. The smallest absolute Gasteiger partial charge is 0.408 e. The zero-order valence-electron chi connectivity index (χ0n) is 20.7. The van der Waals surface area contributed by atoms with Crippen molar-refractivity contribution in [1.82, 2.24) is 15.5 Å². The number of carbonyl (C=O) groups excluding carboxylic acids is 3. The summed E-state index contributed by atoms with van der Waals surface area (Å²) in [5.74, 6) is -2.14. The highest BCUT2D eigenvalue weighted by atomic mass is 16.6. The highest BCUT2D eigenvalue weighted by Crippen LogP contribution is 2.20. The molecule has 0 aliphatic carbocycles. The Hall–Kier alpha value is -3.10. The normalized spacial score (nSPS) is 16.5. The van der Waals surface area contributed by atoms with Crippen LogP contribution in [-0.2, 0) is 25.5 Å². The van der Waals surface area contributed by atoms with Crippen LogP contribution in [0.2, 0.25) is 0 Å². The summed E-state index contributed by atoms with van der Waals surface area (Å²) in [4.78, 5) is 51.3. The molecule has 9 nitrogen and oxygen atoms in total. The molecule has 1 fully saturated rings. The molecule has 0 unspecified atom stereocenters. The van der Waals surface area contributed by atoms with Gasteiger partial charge in [0, 0.05) is 25.4 Å². The zero-order chi connectivity index (χ0) is 25.5. The number of aliphatic carboxylic acids is 1. The van der Waals surface area contributed by atoms with E-state index in [2.05, 4.69) is 10.6 Å². The molecule has 0 radical (unpaired) electrons. The summed E-state index contributed by atoms with van der Waals surface area (Å²) >= 11 is 0. The van der Waals surface area contributed by atoms with Crippen LogP contribution in [-0.4, -0.2) is 64.7 Å². The number of carboxylic acid groups (broad SMARTS) is 1. The number of likely N-dealkylation sites (tertiary alicyclic amines) is 1. The number of hydrogen-bond donors (Lipinski definition) is 3. The fraction of sp³-hybridized carbons (Fsp3) is 0.600. The lowest BCUT2D eigenvalue weighted by Gasteiger charge is -2.35. The highest BCUT2D eigenvalue weighted by molar-refractivity contribution is 5.87. The van der Waals surface area contributed by atoms with Crippen molar-refractivity contribution in [2.75, 3.05) is 13.1 Å². The first-order valence-electron chi connectivity index (χ1n) is 11.7. The predicted molar refractivity (Wildman–Crippen MR) is 127 cm³/mol. The predicted octanol–water partition coefficient (Wildman–Crippen LogP) is 2.59. The molecule has 1 heterocycles. The van der Waals surface area contributed by atoms with Crippen LogP contribution in [0, 0.1) is 11.8 Å². The van der Waals surface area contributed by atoms with Crippen LogP contribution in [0.1, 0.15) is 53.0 Å². The molecule has 1 aromatic carbocycles. The average Bonchev–Trinajstić information content (AvgIpc) is 2.76. The number of benzene rings is 1. The summed E-state index contributed by atoms with van der Waals surface area (Å²) in [5.41, 5.74) is 0.155. The Bertz CT molecular complexity index is 857. The molecule has 0 saturated carbocycles. The van der Waals surface area contributed by atoms with E-state index in [9.17, 15) is 24.3 Å². The molecule has 0 bridgehead atoms. The molecule has 2 atom stereocenters. The summed E-state index contributed by atoms with van der Waals surface area (Å²) in [6, 6.07) is 7.39. The third-order valence-electron chi connectivity index (χ3n) is 5.68. The Morgan fingerprint density at radius 3 is 2.15 bits per heavy atom. The van der Waals surface area contributed by atoms with Crippen LogP contribution < -0.4 is 10.6 Å². The first-order valence-corrected chi connectivity index (χ1v) is 11.7. The van der Waals surface area contributed by atoms with Crippen LogP contribution in [0.4, 0.5) is 4.79 Å². The number of piperidine rings is 1. The third-order valence-corrected chi connectivity index (χ3v) is 5.68. The van der Waals surface area contributed by atoms with E-state index in [0.717, 1.165) is 5.56 Å². The number of alkyl carbamates (subject to hydrolysis) is 1. The van der Waals surface area contributed by atoms with Crippen molar-refractivity contribution < 1.29 is 29.0 Å². The second-order valence-corrected chi connectivity index (χ2v) is 10.1. The number of ether oxygens (including phenoxy) is 1. The van der Waals surface area contributed by atoms with Crippen LogP contribution in [0.15, 0.2) is 30.3 Å². The van der Waals surface area contributed by atoms with E-state index in [4.69, 9.17) is 4.74 Å². The van der Waals surface area contributed by atoms with Crippen molar-refractivity contribution >= 4 is 23.9 Å². The minimum absolute atomic E-state index is 0.143. The van der Waals surface area contributed by atoms with Gasteiger partial charge in [0.1, 0.15) is 17.7 Å². The van der Waals surface area contributed by atoms with Gasteiger partial charge in [-0.1, -0.05) is 44.2 Å². The zero-order valence-corrected chi connectivity index (χ0v) is 20.7. The monoisotopic (exact) mass is 475 g/mol. The van der Waals surface area contributed by atoms with E-state index >= 15 is 0 Å². The van der Waals surface area contributed by atoms with E-state index in [1.165, 1.54) is 0 Å². The molecule has 9 heteroatoms. The Morgan fingerprint density at radius 2 is 1.65 bits per heavy atom. The van der Waals surface area contributed by atoms with Crippen molar-refractivity contribution in [3.05, 3.63) is 35.9 Å². The standard InChI is InChI=1S/C25H37N3O6/c1-16(2)20(27-24(33)34-25(3,4)5)22(30)28-13-11-18(12-14-28)21(29)26-19(23(31)32)15-17-9-7-6-8-10-17/h6-10,16,18-20H,11-15H2,1-5H3,(H,26,29)(H,27,33)(H,31,32)/t19-,20-/m0/s1. The van der Waals surface area contributed by atoms with Gasteiger partial charge in [-0.2, -0.15) is 0 Å². The minimum Gasteiger partial charge on any atom is -0.480 e. The number of nitrogens with zero attached hydrogens (tertiary/aromatic N) is 1. The molecule has 188 valence electrons. The van der Waals surface area contributed by atoms with E-state index in [1.807, 2.05) is 44.2 Å². The first-order chi connectivity index (χ1) is 15.9.